The molecule has 0 saturated heterocycles. The molecule has 108 valence electrons. The first-order valence-electron chi connectivity index (χ1n) is 6.60. The summed E-state index contributed by atoms with van der Waals surface area (Å²) < 4.78 is 33.9. The first kappa shape index (κ1) is 16.1. The van der Waals surface area contributed by atoms with E-state index < -0.39 is 10.1 Å². The Morgan fingerprint density at radius 2 is 1.63 bits per heavy atom. The number of hydrogen-bond acceptors (Lipinski definition) is 4. The fourth-order valence-corrected chi connectivity index (χ4v) is 2.39. The number of hydrogen-bond donors (Lipinski definition) is 0. The summed E-state index contributed by atoms with van der Waals surface area (Å²) in [6.07, 6.45) is 2.70. The predicted octanol–water partition coefficient (Wildman–Crippen LogP) is 2.91. The van der Waals surface area contributed by atoms with E-state index in [2.05, 4.69) is 6.92 Å². The third kappa shape index (κ3) is 6.18. The Bertz CT molecular complexity index is 451. The molecular weight excluding hydrogens is 264 g/mol. The van der Waals surface area contributed by atoms with Gasteiger partial charge in [0, 0.05) is 13.2 Å². The van der Waals surface area contributed by atoms with E-state index in [9.17, 15) is 8.42 Å². The van der Waals surface area contributed by atoms with Gasteiger partial charge in [0.2, 0.25) is 0 Å². The maximum absolute atomic E-state index is 11.8. The second-order valence-corrected chi connectivity index (χ2v) is 6.02. The van der Waals surface area contributed by atoms with Crippen molar-refractivity contribution in [1.82, 2.24) is 0 Å². The molecule has 0 amide bonds. The van der Waals surface area contributed by atoms with Crippen LogP contribution in [0.4, 0.5) is 0 Å². The molecule has 0 aliphatic carbocycles. The van der Waals surface area contributed by atoms with Gasteiger partial charge in [-0.1, -0.05) is 31.0 Å². The van der Waals surface area contributed by atoms with Crippen molar-refractivity contribution >= 4 is 10.1 Å². The summed E-state index contributed by atoms with van der Waals surface area (Å²) in [6.45, 7) is 5.42. The van der Waals surface area contributed by atoms with Crippen LogP contribution in [0.15, 0.2) is 29.2 Å². The number of benzene rings is 1. The highest BCUT2D eigenvalue weighted by Gasteiger charge is 2.14. The minimum absolute atomic E-state index is 0.155. The van der Waals surface area contributed by atoms with Gasteiger partial charge in [0.05, 0.1) is 11.5 Å². The summed E-state index contributed by atoms with van der Waals surface area (Å²) in [4.78, 5) is 0.199. The maximum atomic E-state index is 11.8. The molecular formula is C14H22O4S. The highest BCUT2D eigenvalue weighted by molar-refractivity contribution is 7.86. The Balaban J connectivity index is 2.29. The molecule has 0 aromatic heterocycles. The van der Waals surface area contributed by atoms with E-state index in [0.717, 1.165) is 25.0 Å². The lowest BCUT2D eigenvalue weighted by molar-refractivity contribution is 0.118. The van der Waals surface area contributed by atoms with Gasteiger partial charge in [-0.25, -0.2) is 0 Å². The lowest BCUT2D eigenvalue weighted by Crippen LogP contribution is -2.09. The van der Waals surface area contributed by atoms with Crippen LogP contribution in [0.25, 0.3) is 0 Å². The third-order valence-corrected chi connectivity index (χ3v) is 3.95. The van der Waals surface area contributed by atoms with Crippen molar-refractivity contribution < 1.29 is 17.3 Å². The van der Waals surface area contributed by atoms with Crippen LogP contribution in [0.3, 0.4) is 0 Å². The van der Waals surface area contributed by atoms with Crippen LogP contribution in [0.2, 0.25) is 0 Å². The van der Waals surface area contributed by atoms with Crippen LogP contribution in [0.5, 0.6) is 0 Å². The topological polar surface area (TPSA) is 52.6 Å². The van der Waals surface area contributed by atoms with E-state index in [0.29, 0.717) is 13.0 Å². The van der Waals surface area contributed by atoms with Crippen molar-refractivity contribution in [2.45, 2.75) is 38.0 Å². The Kier molecular flexibility index (Phi) is 7.05. The average Bonchev–Trinajstić information content (AvgIpc) is 2.38. The highest BCUT2D eigenvalue weighted by atomic mass is 32.2. The van der Waals surface area contributed by atoms with E-state index in [1.807, 2.05) is 6.92 Å². The van der Waals surface area contributed by atoms with Crippen molar-refractivity contribution in [3.8, 4) is 0 Å². The molecule has 1 aromatic rings. The predicted molar refractivity (Wildman–Crippen MR) is 74.7 cm³/mol. The van der Waals surface area contributed by atoms with E-state index in [1.165, 1.54) is 0 Å². The Morgan fingerprint density at radius 1 is 1.00 bits per heavy atom. The SMILES string of the molecule is CCCCOCCCOS(=O)(=O)c1ccc(C)cc1. The van der Waals surface area contributed by atoms with Crippen LogP contribution < -0.4 is 0 Å². The van der Waals surface area contributed by atoms with E-state index in [1.54, 1.807) is 24.3 Å². The lowest BCUT2D eigenvalue weighted by atomic mass is 10.2. The summed E-state index contributed by atoms with van der Waals surface area (Å²) in [5.41, 5.74) is 1.02. The summed E-state index contributed by atoms with van der Waals surface area (Å²) in [5, 5.41) is 0. The minimum atomic E-state index is -3.63. The first-order chi connectivity index (χ1) is 9.06. The van der Waals surface area contributed by atoms with Crippen molar-refractivity contribution in [1.29, 1.82) is 0 Å². The number of aryl methyl sites for hydroxylation is 1. The molecule has 1 aromatic carbocycles. The lowest BCUT2D eigenvalue weighted by Gasteiger charge is -2.06. The van der Waals surface area contributed by atoms with Gasteiger partial charge in [0.15, 0.2) is 0 Å². The van der Waals surface area contributed by atoms with Crippen molar-refractivity contribution in [2.75, 3.05) is 19.8 Å². The van der Waals surface area contributed by atoms with Gasteiger partial charge in [-0.15, -0.1) is 0 Å². The molecule has 1 rings (SSSR count). The first-order valence-corrected chi connectivity index (χ1v) is 8.01. The van der Waals surface area contributed by atoms with Crippen LogP contribution in [-0.4, -0.2) is 28.2 Å². The minimum Gasteiger partial charge on any atom is -0.381 e. The zero-order valence-corrected chi connectivity index (χ0v) is 12.4. The summed E-state index contributed by atoms with van der Waals surface area (Å²) in [7, 11) is -3.63. The quantitative estimate of drug-likeness (QED) is 0.517. The molecule has 0 aliphatic heterocycles. The molecule has 0 fully saturated rings. The monoisotopic (exact) mass is 286 g/mol. The van der Waals surface area contributed by atoms with E-state index in [4.69, 9.17) is 8.92 Å². The van der Waals surface area contributed by atoms with Gasteiger partial charge < -0.3 is 4.74 Å². The summed E-state index contributed by atoms with van der Waals surface area (Å²) in [5.74, 6) is 0. The fourth-order valence-electron chi connectivity index (χ4n) is 1.45. The van der Waals surface area contributed by atoms with Gasteiger partial charge in [-0.2, -0.15) is 8.42 Å². The zero-order chi connectivity index (χ0) is 14.1. The molecule has 0 spiro atoms. The number of ether oxygens (including phenoxy) is 1. The van der Waals surface area contributed by atoms with Gasteiger partial charge in [-0.05, 0) is 31.9 Å². The van der Waals surface area contributed by atoms with E-state index in [-0.39, 0.29) is 11.5 Å². The highest BCUT2D eigenvalue weighted by Crippen LogP contribution is 2.13. The van der Waals surface area contributed by atoms with Crippen molar-refractivity contribution in [2.24, 2.45) is 0 Å². The zero-order valence-electron chi connectivity index (χ0n) is 11.6. The second kappa shape index (κ2) is 8.30. The van der Waals surface area contributed by atoms with Gasteiger partial charge in [-0.3, -0.25) is 4.18 Å². The third-order valence-electron chi connectivity index (χ3n) is 2.62. The normalized spacial score (nSPS) is 11.7. The fraction of sp³-hybridized carbons (Fsp3) is 0.571. The molecule has 0 unspecified atom stereocenters. The number of rotatable bonds is 9. The molecule has 0 bridgehead atoms. The van der Waals surface area contributed by atoms with Crippen LogP contribution in [0.1, 0.15) is 31.7 Å². The van der Waals surface area contributed by atoms with Gasteiger partial charge >= 0.3 is 0 Å². The Morgan fingerprint density at radius 3 is 2.26 bits per heavy atom. The molecule has 0 radical (unpaired) electrons. The molecule has 0 saturated carbocycles. The molecule has 0 N–H and O–H groups in total. The van der Waals surface area contributed by atoms with E-state index >= 15 is 0 Å². The van der Waals surface area contributed by atoms with Gasteiger partial charge in [0.1, 0.15) is 0 Å². The molecule has 0 heterocycles. The molecule has 4 nitrogen and oxygen atoms in total. The van der Waals surface area contributed by atoms with Crippen molar-refractivity contribution in [3.05, 3.63) is 29.8 Å². The summed E-state index contributed by atoms with van der Waals surface area (Å²) >= 11 is 0. The van der Waals surface area contributed by atoms with Crippen LogP contribution >= 0.6 is 0 Å². The van der Waals surface area contributed by atoms with Gasteiger partial charge in [0.25, 0.3) is 10.1 Å². The van der Waals surface area contributed by atoms with Crippen LogP contribution in [0, 0.1) is 6.92 Å². The smallest absolute Gasteiger partial charge is 0.296 e. The second-order valence-electron chi connectivity index (χ2n) is 4.41. The molecule has 5 heteroatoms. The Labute approximate surface area is 115 Å². The standard InChI is InChI=1S/C14H22O4S/c1-3-4-10-17-11-5-12-18-19(15,16)14-8-6-13(2)7-9-14/h6-9H,3-5,10-12H2,1-2H3. The molecule has 0 aliphatic rings. The maximum Gasteiger partial charge on any atom is 0.296 e. The number of unbranched alkanes of at least 4 members (excludes halogenated alkanes) is 1. The van der Waals surface area contributed by atoms with Crippen molar-refractivity contribution in [3.63, 3.8) is 0 Å². The summed E-state index contributed by atoms with van der Waals surface area (Å²) in [6, 6.07) is 6.62. The molecule has 0 atom stereocenters. The van der Waals surface area contributed by atoms with Crippen LogP contribution in [-0.2, 0) is 19.0 Å². The molecule has 19 heavy (non-hydrogen) atoms. The Hall–Kier alpha value is -0.910. The average molecular weight is 286 g/mol. The largest absolute Gasteiger partial charge is 0.381 e.